The minimum Gasteiger partial charge on any atom is -0.442 e. The van der Waals surface area contributed by atoms with E-state index in [-0.39, 0.29) is 6.04 Å². The quantitative estimate of drug-likeness (QED) is 0.643. The van der Waals surface area contributed by atoms with Gasteiger partial charge < -0.3 is 9.47 Å². The van der Waals surface area contributed by atoms with Crippen LogP contribution in [0.15, 0.2) is 11.6 Å². The van der Waals surface area contributed by atoms with Crippen LogP contribution in [0.1, 0.15) is 73.6 Å². The molecule has 7 heteroatoms. The normalized spacial score (nSPS) is 21.5. The summed E-state index contributed by atoms with van der Waals surface area (Å²) in [6.07, 6.45) is 4.21. The molecule has 0 aromatic rings. The number of carbonyl (C=O) groups is 3. The Balaban J connectivity index is 2.41. The number of hydrogen-bond donors (Lipinski definition) is 0. The zero-order chi connectivity index (χ0) is 19.7. The molecule has 1 aliphatic carbocycles. The summed E-state index contributed by atoms with van der Waals surface area (Å²) in [6, 6.07) is -0.363. The first-order valence-corrected chi connectivity index (χ1v) is 9.19. The Morgan fingerprint density at radius 2 is 1.54 bits per heavy atom. The van der Waals surface area contributed by atoms with Gasteiger partial charge in [0.2, 0.25) is 0 Å². The molecule has 7 nitrogen and oxygen atoms in total. The predicted molar refractivity (Wildman–Crippen MR) is 96.1 cm³/mol. The van der Waals surface area contributed by atoms with Crippen LogP contribution in [0.3, 0.4) is 0 Å². The lowest BCUT2D eigenvalue weighted by Crippen LogP contribution is -2.61. The lowest BCUT2D eigenvalue weighted by atomic mass is 9.99. The summed E-state index contributed by atoms with van der Waals surface area (Å²) in [5.41, 5.74) is -0.658. The van der Waals surface area contributed by atoms with Gasteiger partial charge in [-0.2, -0.15) is 5.01 Å². The Morgan fingerprint density at radius 3 is 2.12 bits per heavy atom. The molecule has 1 aliphatic heterocycles. The molecule has 0 aromatic carbocycles. The number of hydrazine groups is 1. The first-order chi connectivity index (χ1) is 11.9. The standard InChI is InChI=1S/C19H30N2O5/c1-18(2,3)25-16(23)20-14-11-9-7-8-10-13(14)12-15(22)21(20)17(24)26-19(4,5)6/h12,14H,7-11H2,1-6H3/t14-/m0/s1. The van der Waals surface area contributed by atoms with Crippen molar-refractivity contribution in [1.82, 2.24) is 10.0 Å². The van der Waals surface area contributed by atoms with Crippen molar-refractivity contribution in [1.29, 1.82) is 0 Å². The second-order valence-electron chi connectivity index (χ2n) is 8.79. The number of fused-ring (bicyclic) bond motifs is 1. The van der Waals surface area contributed by atoms with Gasteiger partial charge in [0.15, 0.2) is 0 Å². The molecule has 0 unspecified atom stereocenters. The van der Waals surface area contributed by atoms with Gasteiger partial charge in [0, 0.05) is 6.08 Å². The number of carbonyl (C=O) groups excluding carboxylic acids is 3. The molecule has 26 heavy (non-hydrogen) atoms. The third-order valence-electron chi connectivity index (χ3n) is 4.05. The highest BCUT2D eigenvalue weighted by atomic mass is 16.6. The third kappa shape index (κ3) is 4.99. The van der Waals surface area contributed by atoms with Crippen molar-refractivity contribution >= 4 is 18.1 Å². The third-order valence-corrected chi connectivity index (χ3v) is 4.05. The molecular weight excluding hydrogens is 336 g/mol. The molecule has 0 radical (unpaired) electrons. The van der Waals surface area contributed by atoms with E-state index >= 15 is 0 Å². The van der Waals surface area contributed by atoms with Crippen LogP contribution in [0.5, 0.6) is 0 Å². The zero-order valence-electron chi connectivity index (χ0n) is 16.6. The Labute approximate surface area is 155 Å². The summed E-state index contributed by atoms with van der Waals surface area (Å²) in [4.78, 5) is 38.2. The summed E-state index contributed by atoms with van der Waals surface area (Å²) >= 11 is 0. The smallest absolute Gasteiger partial charge is 0.437 e. The highest BCUT2D eigenvalue weighted by Crippen LogP contribution is 2.33. The molecule has 1 saturated carbocycles. The molecule has 0 aromatic heterocycles. The van der Waals surface area contributed by atoms with E-state index in [2.05, 4.69) is 0 Å². The van der Waals surface area contributed by atoms with Gasteiger partial charge in [-0.05, 0) is 66.4 Å². The first-order valence-electron chi connectivity index (χ1n) is 9.19. The largest absolute Gasteiger partial charge is 0.442 e. The van der Waals surface area contributed by atoms with E-state index in [0.29, 0.717) is 6.42 Å². The van der Waals surface area contributed by atoms with Crippen molar-refractivity contribution in [3.05, 3.63) is 11.6 Å². The van der Waals surface area contributed by atoms with Crippen molar-refractivity contribution in [3.8, 4) is 0 Å². The van der Waals surface area contributed by atoms with Gasteiger partial charge in [-0.25, -0.2) is 9.59 Å². The number of hydrogen-bond acceptors (Lipinski definition) is 5. The van der Waals surface area contributed by atoms with Crippen molar-refractivity contribution < 1.29 is 23.9 Å². The molecule has 0 spiro atoms. The fourth-order valence-electron chi connectivity index (χ4n) is 3.11. The minimum atomic E-state index is -0.868. The number of rotatable bonds is 0. The van der Waals surface area contributed by atoms with E-state index in [1.807, 2.05) is 0 Å². The summed E-state index contributed by atoms with van der Waals surface area (Å²) < 4.78 is 10.8. The summed E-state index contributed by atoms with van der Waals surface area (Å²) in [5, 5.41) is 1.95. The van der Waals surface area contributed by atoms with Gasteiger partial charge in [-0.3, -0.25) is 4.79 Å². The van der Waals surface area contributed by atoms with Crippen molar-refractivity contribution in [2.24, 2.45) is 0 Å². The fraction of sp³-hybridized carbons (Fsp3) is 0.737. The highest BCUT2D eigenvalue weighted by Gasteiger charge is 2.45. The fourth-order valence-corrected chi connectivity index (χ4v) is 3.11. The summed E-state index contributed by atoms with van der Waals surface area (Å²) in [5.74, 6) is -0.571. The monoisotopic (exact) mass is 366 g/mol. The number of ether oxygens (including phenoxy) is 2. The second kappa shape index (κ2) is 7.29. The Bertz CT molecular complexity index is 612. The van der Waals surface area contributed by atoms with E-state index in [1.54, 1.807) is 41.5 Å². The predicted octanol–water partition coefficient (Wildman–Crippen LogP) is 4.17. The molecule has 146 valence electrons. The van der Waals surface area contributed by atoms with Crippen molar-refractivity contribution in [3.63, 3.8) is 0 Å². The van der Waals surface area contributed by atoms with Crippen molar-refractivity contribution in [2.75, 3.05) is 0 Å². The van der Waals surface area contributed by atoms with E-state index in [9.17, 15) is 14.4 Å². The van der Waals surface area contributed by atoms with Crippen LogP contribution >= 0.6 is 0 Å². The number of nitrogens with zero attached hydrogens (tertiary/aromatic N) is 2. The molecule has 0 N–H and O–H groups in total. The van der Waals surface area contributed by atoms with Gasteiger partial charge in [0.25, 0.3) is 5.91 Å². The SMILES string of the molecule is CC(C)(C)OC(=O)N1C(=O)C=C2CCCCC[C@@H]2N1C(=O)OC(C)(C)C. The molecular formula is C19H30N2O5. The number of imide groups is 1. The molecule has 0 saturated heterocycles. The molecule has 3 amide bonds. The van der Waals surface area contributed by atoms with Crippen LogP contribution in [-0.4, -0.2) is 45.4 Å². The van der Waals surface area contributed by atoms with Crippen LogP contribution in [0.25, 0.3) is 0 Å². The molecule has 1 fully saturated rings. The molecule has 1 atom stereocenters. The Hall–Kier alpha value is -2.05. The van der Waals surface area contributed by atoms with Gasteiger partial charge in [-0.15, -0.1) is 5.01 Å². The van der Waals surface area contributed by atoms with Gasteiger partial charge >= 0.3 is 12.2 Å². The van der Waals surface area contributed by atoms with E-state index in [4.69, 9.17) is 9.47 Å². The van der Waals surface area contributed by atoms with Crippen LogP contribution < -0.4 is 0 Å². The topological polar surface area (TPSA) is 76.2 Å². The van der Waals surface area contributed by atoms with Gasteiger partial charge in [0.1, 0.15) is 11.2 Å². The van der Waals surface area contributed by atoms with Gasteiger partial charge in [0.05, 0.1) is 6.04 Å². The van der Waals surface area contributed by atoms with Crippen LogP contribution in [-0.2, 0) is 14.3 Å². The van der Waals surface area contributed by atoms with Crippen LogP contribution in [0.4, 0.5) is 9.59 Å². The Morgan fingerprint density at radius 1 is 0.962 bits per heavy atom. The van der Waals surface area contributed by atoms with E-state index < -0.39 is 29.3 Å². The molecule has 2 aliphatic rings. The maximum atomic E-state index is 12.9. The molecule has 0 bridgehead atoms. The average Bonchev–Trinajstić information content (AvgIpc) is 2.66. The summed E-state index contributed by atoms with van der Waals surface area (Å²) in [7, 11) is 0. The average molecular weight is 366 g/mol. The van der Waals surface area contributed by atoms with Crippen LogP contribution in [0, 0.1) is 0 Å². The highest BCUT2D eigenvalue weighted by molar-refractivity contribution is 6.01. The lowest BCUT2D eigenvalue weighted by Gasteiger charge is -2.42. The molecule has 2 rings (SSSR count). The number of amides is 3. The lowest BCUT2D eigenvalue weighted by molar-refractivity contribution is -0.145. The van der Waals surface area contributed by atoms with E-state index in [0.717, 1.165) is 41.3 Å². The zero-order valence-corrected chi connectivity index (χ0v) is 16.6. The Kier molecular flexibility index (Phi) is 5.68. The van der Waals surface area contributed by atoms with Crippen LogP contribution in [0.2, 0.25) is 0 Å². The second-order valence-corrected chi connectivity index (χ2v) is 8.79. The van der Waals surface area contributed by atoms with Crippen molar-refractivity contribution in [2.45, 2.75) is 90.9 Å². The maximum absolute atomic E-state index is 12.9. The van der Waals surface area contributed by atoms with Gasteiger partial charge in [-0.1, -0.05) is 12.8 Å². The molecule has 1 heterocycles. The summed E-state index contributed by atoms with van der Waals surface area (Å²) in [6.45, 7) is 10.4. The first kappa shape index (κ1) is 20.3. The maximum Gasteiger partial charge on any atom is 0.437 e. The minimum absolute atomic E-state index is 0.363. The van der Waals surface area contributed by atoms with E-state index in [1.165, 1.54) is 6.08 Å².